The molecular formula is C19H22F2N2O. The Labute approximate surface area is 139 Å². The van der Waals surface area contributed by atoms with Crippen LogP contribution in [0.2, 0.25) is 0 Å². The minimum absolute atomic E-state index is 0.141. The van der Waals surface area contributed by atoms with E-state index < -0.39 is 11.6 Å². The van der Waals surface area contributed by atoms with Crippen molar-refractivity contribution in [1.82, 2.24) is 10.3 Å². The third-order valence-corrected chi connectivity index (χ3v) is 6.57. The zero-order chi connectivity index (χ0) is 17.2. The molecule has 4 atom stereocenters. The van der Waals surface area contributed by atoms with Gasteiger partial charge in [-0.1, -0.05) is 20.8 Å². The van der Waals surface area contributed by atoms with Crippen molar-refractivity contribution < 1.29 is 13.6 Å². The predicted molar refractivity (Wildman–Crippen MR) is 88.6 cm³/mol. The highest BCUT2D eigenvalue weighted by molar-refractivity contribution is 5.98. The molecule has 3 aliphatic rings. The Morgan fingerprint density at radius 1 is 1.25 bits per heavy atom. The van der Waals surface area contributed by atoms with Crippen molar-refractivity contribution in [2.75, 3.05) is 0 Å². The largest absolute Gasteiger partial charge is 0.350 e. The number of rotatable bonds is 2. The number of nitrogens with one attached hydrogen (secondary N) is 2. The van der Waals surface area contributed by atoms with Crippen LogP contribution < -0.4 is 5.32 Å². The van der Waals surface area contributed by atoms with Crippen molar-refractivity contribution in [3.8, 4) is 0 Å². The Balaban J connectivity index is 1.54. The van der Waals surface area contributed by atoms with Crippen molar-refractivity contribution in [3.05, 3.63) is 35.5 Å². The molecule has 3 saturated carbocycles. The van der Waals surface area contributed by atoms with Gasteiger partial charge in [-0.2, -0.15) is 0 Å². The first kappa shape index (κ1) is 15.6. The van der Waals surface area contributed by atoms with E-state index in [4.69, 9.17) is 0 Å². The van der Waals surface area contributed by atoms with E-state index in [0.717, 1.165) is 12.5 Å². The van der Waals surface area contributed by atoms with Crippen molar-refractivity contribution in [1.29, 1.82) is 0 Å². The summed E-state index contributed by atoms with van der Waals surface area (Å²) in [6.07, 6.45) is 2.23. The van der Waals surface area contributed by atoms with Crippen molar-refractivity contribution >= 4 is 16.8 Å². The predicted octanol–water partition coefficient (Wildman–Crippen LogP) is 4.25. The van der Waals surface area contributed by atoms with Gasteiger partial charge in [0.25, 0.3) is 5.91 Å². The lowest BCUT2D eigenvalue weighted by molar-refractivity contribution is -0.113. The first-order valence-electron chi connectivity index (χ1n) is 8.56. The summed E-state index contributed by atoms with van der Waals surface area (Å²) in [4.78, 5) is 15.4. The average molecular weight is 332 g/mol. The van der Waals surface area contributed by atoms with Gasteiger partial charge in [-0.25, -0.2) is 8.78 Å². The Morgan fingerprint density at radius 3 is 2.67 bits per heavy atom. The van der Waals surface area contributed by atoms with Gasteiger partial charge in [0.15, 0.2) is 0 Å². The van der Waals surface area contributed by atoms with Crippen molar-refractivity contribution in [2.24, 2.45) is 23.2 Å². The van der Waals surface area contributed by atoms with Gasteiger partial charge >= 0.3 is 0 Å². The summed E-state index contributed by atoms with van der Waals surface area (Å²) in [5.74, 6) is 0.148. The molecule has 24 heavy (non-hydrogen) atoms. The van der Waals surface area contributed by atoms with E-state index in [-0.39, 0.29) is 23.0 Å². The van der Waals surface area contributed by atoms with Crippen LogP contribution in [0.5, 0.6) is 0 Å². The van der Waals surface area contributed by atoms with E-state index in [9.17, 15) is 13.6 Å². The molecule has 5 rings (SSSR count). The van der Waals surface area contributed by atoms with Crippen LogP contribution in [-0.2, 0) is 0 Å². The molecule has 5 heteroatoms. The molecule has 1 aromatic heterocycles. The first-order valence-corrected chi connectivity index (χ1v) is 8.56. The van der Waals surface area contributed by atoms with E-state index in [1.807, 2.05) is 0 Å². The second-order valence-electron chi connectivity index (χ2n) is 8.07. The lowest BCUT2D eigenvalue weighted by Crippen LogP contribution is -2.60. The molecule has 0 spiro atoms. The summed E-state index contributed by atoms with van der Waals surface area (Å²) in [5, 5.41) is 3.33. The van der Waals surface area contributed by atoms with Gasteiger partial charge < -0.3 is 10.3 Å². The summed E-state index contributed by atoms with van der Waals surface area (Å²) < 4.78 is 27.1. The van der Waals surface area contributed by atoms with E-state index in [1.54, 1.807) is 0 Å². The van der Waals surface area contributed by atoms with Crippen molar-refractivity contribution in [2.45, 2.75) is 39.7 Å². The number of amides is 1. The number of carbonyl (C=O) groups is 1. The second-order valence-corrected chi connectivity index (χ2v) is 8.07. The molecule has 1 heterocycles. The van der Waals surface area contributed by atoms with Crippen LogP contribution in [0.1, 0.15) is 44.1 Å². The zero-order valence-corrected chi connectivity index (χ0v) is 14.1. The topological polar surface area (TPSA) is 44.9 Å². The number of hydrogen-bond donors (Lipinski definition) is 2. The third-order valence-electron chi connectivity index (χ3n) is 6.57. The summed E-state index contributed by atoms with van der Waals surface area (Å²) in [7, 11) is 0. The number of hydrogen-bond acceptors (Lipinski definition) is 1. The number of benzene rings is 1. The maximum atomic E-state index is 13.8. The number of aromatic nitrogens is 1. The minimum atomic E-state index is -0.658. The maximum absolute atomic E-state index is 13.8. The van der Waals surface area contributed by atoms with E-state index >= 15 is 0 Å². The molecule has 0 unspecified atom stereocenters. The van der Waals surface area contributed by atoms with Gasteiger partial charge in [-0.3, -0.25) is 4.79 Å². The Kier molecular flexibility index (Phi) is 3.28. The molecule has 2 bridgehead atoms. The van der Waals surface area contributed by atoms with Gasteiger partial charge in [0.2, 0.25) is 0 Å². The lowest BCUT2D eigenvalue weighted by Gasteiger charge is -2.62. The SMILES string of the molecule is C[C@@H]1[C@H]2C[C@@H](C[C@H]1NC(=O)c1cc3c(F)cc(F)cc3[nH]1)C2(C)C. The number of aromatic amines is 1. The van der Waals surface area contributed by atoms with E-state index in [0.29, 0.717) is 28.7 Å². The first-order chi connectivity index (χ1) is 11.3. The smallest absolute Gasteiger partial charge is 0.267 e. The summed E-state index contributed by atoms with van der Waals surface area (Å²) in [6, 6.07) is 3.63. The van der Waals surface area contributed by atoms with Gasteiger partial charge in [-0.15, -0.1) is 0 Å². The molecule has 1 amide bonds. The molecule has 128 valence electrons. The van der Waals surface area contributed by atoms with Crippen LogP contribution >= 0.6 is 0 Å². The van der Waals surface area contributed by atoms with Crippen LogP contribution in [0.25, 0.3) is 10.9 Å². The van der Waals surface area contributed by atoms with Crippen LogP contribution in [0.3, 0.4) is 0 Å². The Bertz CT molecular complexity index is 826. The third kappa shape index (κ3) is 2.17. The second kappa shape index (κ2) is 5.04. The molecule has 3 aliphatic carbocycles. The number of carbonyl (C=O) groups excluding carboxylic acids is 1. The highest BCUT2D eigenvalue weighted by atomic mass is 19.1. The lowest BCUT2D eigenvalue weighted by atomic mass is 9.45. The van der Waals surface area contributed by atoms with Gasteiger partial charge in [-0.05, 0) is 48.1 Å². The number of halogens is 2. The summed E-state index contributed by atoms with van der Waals surface area (Å²) in [5.41, 5.74) is 0.945. The van der Waals surface area contributed by atoms with Crippen LogP contribution in [0.4, 0.5) is 8.78 Å². The fourth-order valence-corrected chi connectivity index (χ4v) is 4.87. The molecule has 0 saturated heterocycles. The normalized spacial score (nSPS) is 30.9. The molecular weight excluding hydrogens is 310 g/mol. The Hall–Kier alpha value is -1.91. The van der Waals surface area contributed by atoms with Gasteiger partial charge in [0.1, 0.15) is 17.3 Å². The Morgan fingerprint density at radius 2 is 2.00 bits per heavy atom. The zero-order valence-electron chi connectivity index (χ0n) is 14.1. The molecule has 1 aromatic carbocycles. The molecule has 3 nitrogen and oxygen atoms in total. The van der Waals surface area contributed by atoms with Crippen LogP contribution in [0, 0.1) is 34.8 Å². The number of H-pyrrole nitrogens is 1. The standard InChI is InChI=1S/C19H22F2N2O/c1-9-13-4-10(19(13,2)3)5-15(9)23-18(24)17-8-12-14(21)6-11(20)7-16(12)22-17/h6-10,13,15,22H,4-5H2,1-3H3,(H,23,24)/t9-,10+,13-,15-/m1/s1. The molecule has 0 aliphatic heterocycles. The average Bonchev–Trinajstić information content (AvgIpc) is 2.93. The number of fused-ring (bicyclic) bond motifs is 3. The fraction of sp³-hybridized carbons (Fsp3) is 0.526. The van der Waals surface area contributed by atoms with Crippen LogP contribution in [-0.4, -0.2) is 16.9 Å². The minimum Gasteiger partial charge on any atom is -0.350 e. The molecule has 2 aromatic rings. The van der Waals surface area contributed by atoms with Crippen molar-refractivity contribution in [3.63, 3.8) is 0 Å². The fourth-order valence-electron chi connectivity index (χ4n) is 4.87. The molecule has 3 fully saturated rings. The quantitative estimate of drug-likeness (QED) is 0.848. The highest BCUT2D eigenvalue weighted by Gasteiger charge is 2.56. The van der Waals surface area contributed by atoms with Gasteiger partial charge in [0, 0.05) is 17.5 Å². The van der Waals surface area contributed by atoms with E-state index in [1.165, 1.54) is 18.6 Å². The van der Waals surface area contributed by atoms with Crippen LogP contribution in [0.15, 0.2) is 18.2 Å². The molecule has 2 N–H and O–H groups in total. The van der Waals surface area contributed by atoms with E-state index in [2.05, 4.69) is 31.1 Å². The molecule has 0 radical (unpaired) electrons. The van der Waals surface area contributed by atoms with Gasteiger partial charge in [0.05, 0.1) is 5.52 Å². The summed E-state index contributed by atoms with van der Waals surface area (Å²) in [6.45, 7) is 6.83. The monoisotopic (exact) mass is 332 g/mol. The highest BCUT2D eigenvalue weighted by Crippen LogP contribution is 2.61. The maximum Gasteiger partial charge on any atom is 0.267 e. The summed E-state index contributed by atoms with van der Waals surface area (Å²) >= 11 is 0.